The summed E-state index contributed by atoms with van der Waals surface area (Å²) in [4.78, 5) is 6.48. The molecule has 3 nitrogen and oxygen atoms in total. The predicted octanol–water partition coefficient (Wildman–Crippen LogP) is 3.46. The smallest absolute Gasteiger partial charge is 0.261 e. The van der Waals surface area contributed by atoms with Crippen molar-refractivity contribution in [2.45, 2.75) is 38.2 Å². The van der Waals surface area contributed by atoms with E-state index in [1.54, 1.807) is 4.90 Å². The summed E-state index contributed by atoms with van der Waals surface area (Å²) in [5, 5.41) is 0. The van der Waals surface area contributed by atoms with Crippen LogP contribution in [0.2, 0.25) is 0 Å². The van der Waals surface area contributed by atoms with Gasteiger partial charge in [-0.1, -0.05) is 12.6 Å². The lowest BCUT2D eigenvalue weighted by Crippen LogP contribution is -2.26. The lowest BCUT2D eigenvalue weighted by atomic mass is 9.95. The maximum atomic E-state index is 13.4. The van der Waals surface area contributed by atoms with Crippen LogP contribution in [0.1, 0.15) is 42.6 Å². The molecule has 0 amide bonds. The second-order valence-electron chi connectivity index (χ2n) is 6.39. The zero-order valence-corrected chi connectivity index (χ0v) is 12.9. The molecule has 22 heavy (non-hydrogen) atoms. The van der Waals surface area contributed by atoms with Gasteiger partial charge in [-0.2, -0.15) is 0 Å². The molecule has 2 saturated heterocycles. The standard InChI is InChI=1S/C17H22F2N2O/c1-12(2)15-4-3-14(13-5-8-22-10-13)16(20-15)9-21-7-6-17(18,19)11-21/h3-4,13H,1,5-11H2,2H3/t13-/m0/s1. The first-order valence-corrected chi connectivity index (χ1v) is 7.78. The molecule has 2 aliphatic rings. The van der Waals surface area contributed by atoms with Crippen LogP contribution in [0.25, 0.3) is 5.57 Å². The van der Waals surface area contributed by atoms with Crippen LogP contribution in [0.5, 0.6) is 0 Å². The van der Waals surface area contributed by atoms with Crippen molar-refractivity contribution in [3.05, 3.63) is 35.7 Å². The number of likely N-dealkylation sites (tertiary alicyclic amines) is 1. The minimum absolute atomic E-state index is 0.0605. The molecule has 120 valence electrons. The number of hydrogen-bond donors (Lipinski definition) is 0. The number of alkyl halides is 2. The van der Waals surface area contributed by atoms with Crippen molar-refractivity contribution in [2.75, 3.05) is 26.3 Å². The number of rotatable bonds is 4. The second kappa shape index (κ2) is 6.05. The molecule has 0 bridgehead atoms. The van der Waals surface area contributed by atoms with Crippen molar-refractivity contribution in [1.29, 1.82) is 0 Å². The van der Waals surface area contributed by atoms with Gasteiger partial charge in [0.15, 0.2) is 0 Å². The first kappa shape index (κ1) is 15.6. The quantitative estimate of drug-likeness (QED) is 0.852. The van der Waals surface area contributed by atoms with Crippen LogP contribution in [0.3, 0.4) is 0 Å². The summed E-state index contributed by atoms with van der Waals surface area (Å²) >= 11 is 0. The topological polar surface area (TPSA) is 25.4 Å². The Kier molecular flexibility index (Phi) is 4.28. The molecule has 0 spiro atoms. The molecule has 0 N–H and O–H groups in total. The molecule has 0 aliphatic carbocycles. The molecule has 1 aromatic rings. The fourth-order valence-corrected chi connectivity index (χ4v) is 3.18. The molecule has 5 heteroatoms. The number of pyridine rings is 1. The largest absolute Gasteiger partial charge is 0.381 e. The molecular weight excluding hydrogens is 286 g/mol. The summed E-state index contributed by atoms with van der Waals surface area (Å²) in [7, 11) is 0. The van der Waals surface area contributed by atoms with Crippen LogP contribution in [0.15, 0.2) is 18.7 Å². The van der Waals surface area contributed by atoms with E-state index in [1.807, 2.05) is 13.0 Å². The van der Waals surface area contributed by atoms with E-state index in [-0.39, 0.29) is 13.0 Å². The fraction of sp³-hybridized carbons (Fsp3) is 0.588. The Morgan fingerprint density at radius 2 is 2.32 bits per heavy atom. The Bertz CT molecular complexity index is 568. The van der Waals surface area contributed by atoms with Crippen LogP contribution in [0.4, 0.5) is 8.78 Å². The highest BCUT2D eigenvalue weighted by molar-refractivity contribution is 5.58. The third kappa shape index (κ3) is 3.36. The number of nitrogens with zero attached hydrogens (tertiary/aromatic N) is 2. The zero-order valence-electron chi connectivity index (χ0n) is 12.9. The van der Waals surface area contributed by atoms with Crippen molar-refractivity contribution in [1.82, 2.24) is 9.88 Å². The van der Waals surface area contributed by atoms with Crippen molar-refractivity contribution in [3.63, 3.8) is 0 Å². The summed E-state index contributed by atoms with van der Waals surface area (Å²) in [6, 6.07) is 4.04. The Labute approximate surface area is 130 Å². The normalized spacial score (nSPS) is 24.8. The first-order valence-electron chi connectivity index (χ1n) is 7.78. The predicted molar refractivity (Wildman–Crippen MR) is 82.0 cm³/mol. The molecule has 2 fully saturated rings. The second-order valence-corrected chi connectivity index (χ2v) is 6.39. The third-order valence-corrected chi connectivity index (χ3v) is 4.44. The maximum absolute atomic E-state index is 13.4. The molecule has 0 saturated carbocycles. The van der Waals surface area contributed by atoms with Gasteiger partial charge in [0.05, 0.1) is 24.5 Å². The van der Waals surface area contributed by atoms with Crippen molar-refractivity contribution in [2.24, 2.45) is 0 Å². The SMILES string of the molecule is C=C(C)c1ccc([C@H]2CCOC2)c(CN2CCC(F)(F)C2)n1. The minimum atomic E-state index is -2.57. The van der Waals surface area contributed by atoms with Gasteiger partial charge in [0, 0.05) is 32.0 Å². The van der Waals surface area contributed by atoms with Gasteiger partial charge in [0.2, 0.25) is 0 Å². The highest BCUT2D eigenvalue weighted by atomic mass is 19.3. The first-order chi connectivity index (χ1) is 10.4. The van der Waals surface area contributed by atoms with Crippen molar-refractivity contribution >= 4 is 5.57 Å². The summed E-state index contributed by atoms with van der Waals surface area (Å²) < 4.78 is 32.3. The molecular formula is C17H22F2N2O. The van der Waals surface area contributed by atoms with Gasteiger partial charge in [0.25, 0.3) is 5.92 Å². The molecule has 1 atom stereocenters. The number of hydrogen-bond acceptors (Lipinski definition) is 3. The van der Waals surface area contributed by atoms with Gasteiger partial charge in [-0.25, -0.2) is 8.78 Å². The summed E-state index contributed by atoms with van der Waals surface area (Å²) in [5.41, 5.74) is 3.76. The molecule has 3 rings (SSSR count). The highest BCUT2D eigenvalue weighted by Crippen LogP contribution is 2.32. The molecule has 2 aliphatic heterocycles. The summed E-state index contributed by atoms with van der Waals surface area (Å²) in [6.07, 6.45) is 0.909. The van der Waals surface area contributed by atoms with E-state index >= 15 is 0 Å². The van der Waals surface area contributed by atoms with Crippen molar-refractivity contribution in [3.8, 4) is 0 Å². The molecule has 0 unspecified atom stereocenters. The van der Waals surface area contributed by atoms with E-state index < -0.39 is 5.92 Å². The van der Waals surface area contributed by atoms with Gasteiger partial charge in [-0.15, -0.1) is 0 Å². The molecule has 0 radical (unpaired) electrons. The van der Waals surface area contributed by atoms with E-state index in [0.717, 1.165) is 35.6 Å². The average Bonchev–Trinajstić information content (AvgIpc) is 3.08. The molecule has 1 aromatic heterocycles. The molecule has 0 aromatic carbocycles. The monoisotopic (exact) mass is 308 g/mol. The average molecular weight is 308 g/mol. The fourth-order valence-electron chi connectivity index (χ4n) is 3.18. The number of ether oxygens (including phenoxy) is 1. The lowest BCUT2D eigenvalue weighted by Gasteiger charge is -2.20. The Balaban J connectivity index is 1.85. The van der Waals surface area contributed by atoms with Crippen LogP contribution in [-0.4, -0.2) is 42.1 Å². The number of allylic oxidation sites excluding steroid dienone is 1. The van der Waals surface area contributed by atoms with Crippen molar-refractivity contribution < 1.29 is 13.5 Å². The molecule has 3 heterocycles. The van der Waals surface area contributed by atoms with Crippen LogP contribution in [0, 0.1) is 0 Å². The Morgan fingerprint density at radius 1 is 1.50 bits per heavy atom. The highest BCUT2D eigenvalue weighted by Gasteiger charge is 2.38. The van der Waals surface area contributed by atoms with Crippen LogP contribution in [-0.2, 0) is 11.3 Å². The van der Waals surface area contributed by atoms with E-state index in [9.17, 15) is 8.78 Å². The lowest BCUT2D eigenvalue weighted by molar-refractivity contribution is 0.0113. The summed E-state index contributed by atoms with van der Waals surface area (Å²) in [6.45, 7) is 8.01. The van der Waals surface area contributed by atoms with E-state index in [2.05, 4.69) is 17.6 Å². The van der Waals surface area contributed by atoms with E-state index in [4.69, 9.17) is 4.74 Å². The van der Waals surface area contributed by atoms with Gasteiger partial charge in [-0.3, -0.25) is 9.88 Å². The maximum Gasteiger partial charge on any atom is 0.261 e. The number of aromatic nitrogens is 1. The van der Waals surface area contributed by atoms with Gasteiger partial charge in [-0.05, 0) is 30.5 Å². The minimum Gasteiger partial charge on any atom is -0.381 e. The third-order valence-electron chi connectivity index (χ3n) is 4.44. The Hall–Kier alpha value is -1.33. The van der Waals surface area contributed by atoms with Gasteiger partial charge in [0.1, 0.15) is 0 Å². The van der Waals surface area contributed by atoms with E-state index in [1.165, 1.54) is 0 Å². The van der Waals surface area contributed by atoms with Crippen LogP contribution < -0.4 is 0 Å². The zero-order chi connectivity index (χ0) is 15.7. The Morgan fingerprint density at radius 3 is 2.91 bits per heavy atom. The van der Waals surface area contributed by atoms with Gasteiger partial charge < -0.3 is 4.74 Å². The number of halogens is 2. The van der Waals surface area contributed by atoms with Gasteiger partial charge >= 0.3 is 0 Å². The van der Waals surface area contributed by atoms with E-state index in [0.29, 0.717) is 25.6 Å². The summed E-state index contributed by atoms with van der Waals surface area (Å²) in [5.74, 6) is -2.24. The van der Waals surface area contributed by atoms with Crippen LogP contribution >= 0.6 is 0 Å².